The lowest BCUT2D eigenvalue weighted by molar-refractivity contribution is 0.0736. The molecule has 2 saturated heterocycles. The first-order chi connectivity index (χ1) is 10.2. The Balaban J connectivity index is 1.87. The Hall–Kier alpha value is -1.79. The van der Waals surface area contributed by atoms with Gasteiger partial charge >= 0.3 is 6.03 Å². The molecule has 0 aliphatic carbocycles. The average Bonchev–Trinajstić information content (AvgIpc) is 2.94. The third-order valence-corrected chi connectivity index (χ3v) is 4.08. The number of halogens is 1. The van der Waals surface area contributed by atoms with Crippen molar-refractivity contribution in [3.63, 3.8) is 0 Å². The summed E-state index contributed by atoms with van der Waals surface area (Å²) < 4.78 is 0. The molecule has 0 radical (unpaired) electrons. The molecule has 7 heteroatoms. The number of carbonyl (C=O) groups is 2. The topological polar surface area (TPSA) is 64.7 Å². The standard InChI is InChI=1S/C14H17ClN4O2/c15-12-2-1-10(19-8-5-17-14(19)21)9-11(12)13(20)18-6-3-16-4-7-18/h1-2,9,16H,3-8H2,(H,17,21). The highest BCUT2D eigenvalue weighted by Crippen LogP contribution is 2.25. The lowest BCUT2D eigenvalue weighted by Gasteiger charge is -2.28. The fraction of sp³-hybridized carbons (Fsp3) is 0.429. The van der Waals surface area contributed by atoms with Crippen LogP contribution in [0.25, 0.3) is 0 Å². The number of nitrogens with zero attached hydrogens (tertiary/aromatic N) is 2. The fourth-order valence-corrected chi connectivity index (χ4v) is 2.80. The number of amides is 3. The molecule has 21 heavy (non-hydrogen) atoms. The molecule has 2 aliphatic heterocycles. The second kappa shape index (κ2) is 5.91. The van der Waals surface area contributed by atoms with Gasteiger partial charge in [-0.2, -0.15) is 0 Å². The Morgan fingerprint density at radius 3 is 2.57 bits per heavy atom. The smallest absolute Gasteiger partial charge is 0.321 e. The highest BCUT2D eigenvalue weighted by atomic mass is 35.5. The molecule has 2 N–H and O–H groups in total. The third-order valence-electron chi connectivity index (χ3n) is 3.75. The van der Waals surface area contributed by atoms with Gasteiger partial charge in [0.1, 0.15) is 0 Å². The molecular weight excluding hydrogens is 292 g/mol. The molecule has 0 bridgehead atoms. The van der Waals surface area contributed by atoms with Crippen LogP contribution >= 0.6 is 11.6 Å². The number of hydrogen-bond donors (Lipinski definition) is 2. The molecule has 2 aliphatic rings. The van der Waals surface area contributed by atoms with Crippen LogP contribution in [0.15, 0.2) is 18.2 Å². The highest BCUT2D eigenvalue weighted by molar-refractivity contribution is 6.34. The van der Waals surface area contributed by atoms with E-state index in [-0.39, 0.29) is 11.9 Å². The van der Waals surface area contributed by atoms with Gasteiger partial charge in [-0.1, -0.05) is 11.6 Å². The molecule has 2 fully saturated rings. The van der Waals surface area contributed by atoms with Crippen molar-refractivity contribution in [2.24, 2.45) is 0 Å². The molecule has 2 heterocycles. The summed E-state index contributed by atoms with van der Waals surface area (Å²) in [7, 11) is 0. The molecule has 112 valence electrons. The largest absolute Gasteiger partial charge is 0.336 e. The van der Waals surface area contributed by atoms with E-state index in [9.17, 15) is 9.59 Å². The summed E-state index contributed by atoms with van der Waals surface area (Å²) in [5, 5.41) is 6.37. The molecule has 0 atom stereocenters. The van der Waals surface area contributed by atoms with Gasteiger partial charge in [0.2, 0.25) is 0 Å². The van der Waals surface area contributed by atoms with Crippen molar-refractivity contribution < 1.29 is 9.59 Å². The van der Waals surface area contributed by atoms with E-state index in [1.165, 1.54) is 0 Å². The molecule has 1 aromatic rings. The zero-order chi connectivity index (χ0) is 14.8. The first kappa shape index (κ1) is 14.2. The Morgan fingerprint density at radius 1 is 1.14 bits per heavy atom. The van der Waals surface area contributed by atoms with E-state index in [0.29, 0.717) is 42.5 Å². The van der Waals surface area contributed by atoms with Crippen LogP contribution in [0.3, 0.4) is 0 Å². The molecular formula is C14H17ClN4O2. The monoisotopic (exact) mass is 308 g/mol. The van der Waals surface area contributed by atoms with Crippen molar-refractivity contribution in [2.45, 2.75) is 0 Å². The van der Waals surface area contributed by atoms with E-state index >= 15 is 0 Å². The van der Waals surface area contributed by atoms with Gasteiger partial charge in [0.05, 0.1) is 10.6 Å². The van der Waals surface area contributed by atoms with Crippen LogP contribution in [0.1, 0.15) is 10.4 Å². The summed E-state index contributed by atoms with van der Waals surface area (Å²) in [6.45, 7) is 4.13. The highest BCUT2D eigenvalue weighted by Gasteiger charge is 2.25. The molecule has 3 amide bonds. The van der Waals surface area contributed by atoms with E-state index in [2.05, 4.69) is 10.6 Å². The minimum absolute atomic E-state index is 0.0806. The van der Waals surface area contributed by atoms with E-state index in [4.69, 9.17) is 11.6 Å². The average molecular weight is 309 g/mol. The summed E-state index contributed by atoms with van der Waals surface area (Å²) in [5.74, 6) is -0.0806. The van der Waals surface area contributed by atoms with Gasteiger partial charge in [0, 0.05) is 45.0 Å². The normalized spacial score (nSPS) is 18.8. The van der Waals surface area contributed by atoms with E-state index in [0.717, 1.165) is 13.1 Å². The number of nitrogens with one attached hydrogen (secondary N) is 2. The number of piperazine rings is 1. The maximum absolute atomic E-state index is 12.6. The molecule has 0 spiro atoms. The Morgan fingerprint density at radius 2 is 1.90 bits per heavy atom. The van der Waals surface area contributed by atoms with Crippen LogP contribution in [0.5, 0.6) is 0 Å². The van der Waals surface area contributed by atoms with E-state index in [1.54, 1.807) is 28.0 Å². The summed E-state index contributed by atoms with van der Waals surface area (Å²) in [5.41, 5.74) is 1.16. The molecule has 6 nitrogen and oxygen atoms in total. The maximum Gasteiger partial charge on any atom is 0.321 e. The van der Waals surface area contributed by atoms with Crippen molar-refractivity contribution in [3.8, 4) is 0 Å². The van der Waals surface area contributed by atoms with Crippen molar-refractivity contribution in [3.05, 3.63) is 28.8 Å². The zero-order valence-electron chi connectivity index (χ0n) is 11.6. The van der Waals surface area contributed by atoms with Gasteiger partial charge in [-0.25, -0.2) is 4.79 Å². The molecule has 0 unspecified atom stereocenters. The molecule has 3 rings (SSSR count). The van der Waals surface area contributed by atoms with Gasteiger partial charge in [-0.15, -0.1) is 0 Å². The van der Waals surface area contributed by atoms with E-state index < -0.39 is 0 Å². The van der Waals surface area contributed by atoms with Crippen LogP contribution in [0.4, 0.5) is 10.5 Å². The van der Waals surface area contributed by atoms with E-state index in [1.807, 2.05) is 0 Å². The molecule has 0 saturated carbocycles. The summed E-state index contributed by atoms with van der Waals surface area (Å²) in [4.78, 5) is 27.7. The van der Waals surface area contributed by atoms with Crippen LogP contribution < -0.4 is 15.5 Å². The van der Waals surface area contributed by atoms with Crippen LogP contribution in [-0.4, -0.2) is 56.1 Å². The Labute approximate surface area is 128 Å². The number of rotatable bonds is 2. The van der Waals surface area contributed by atoms with Crippen LogP contribution in [-0.2, 0) is 0 Å². The third kappa shape index (κ3) is 2.82. The van der Waals surface area contributed by atoms with Gasteiger partial charge in [0.15, 0.2) is 0 Å². The number of carbonyl (C=O) groups excluding carboxylic acids is 2. The van der Waals surface area contributed by atoms with Gasteiger partial charge < -0.3 is 15.5 Å². The summed E-state index contributed by atoms with van der Waals surface area (Å²) >= 11 is 6.17. The van der Waals surface area contributed by atoms with Crippen LogP contribution in [0.2, 0.25) is 5.02 Å². The summed E-state index contributed by atoms with van der Waals surface area (Å²) in [6, 6.07) is 5.01. The Kier molecular flexibility index (Phi) is 3.98. The number of hydrogen-bond acceptors (Lipinski definition) is 3. The fourth-order valence-electron chi connectivity index (χ4n) is 2.60. The number of urea groups is 1. The molecule has 0 aromatic heterocycles. The lowest BCUT2D eigenvalue weighted by Crippen LogP contribution is -2.46. The second-order valence-corrected chi connectivity index (χ2v) is 5.50. The first-order valence-electron chi connectivity index (χ1n) is 7.02. The zero-order valence-corrected chi connectivity index (χ0v) is 12.3. The minimum Gasteiger partial charge on any atom is -0.336 e. The summed E-state index contributed by atoms with van der Waals surface area (Å²) in [6.07, 6.45) is 0. The van der Waals surface area contributed by atoms with Crippen LogP contribution in [0, 0.1) is 0 Å². The number of anilines is 1. The van der Waals surface area contributed by atoms with Crippen molar-refractivity contribution in [1.82, 2.24) is 15.5 Å². The lowest BCUT2D eigenvalue weighted by atomic mass is 10.1. The Bertz CT molecular complexity index is 572. The predicted molar refractivity (Wildman–Crippen MR) is 81.0 cm³/mol. The first-order valence-corrected chi connectivity index (χ1v) is 7.39. The van der Waals surface area contributed by atoms with Gasteiger partial charge in [-0.3, -0.25) is 9.69 Å². The SMILES string of the molecule is O=C(c1cc(N2CCNC2=O)ccc1Cl)N1CCNCC1. The van der Waals surface area contributed by atoms with Crippen molar-refractivity contribution in [2.75, 3.05) is 44.2 Å². The minimum atomic E-state index is -0.141. The van der Waals surface area contributed by atoms with Gasteiger partial charge in [-0.05, 0) is 18.2 Å². The van der Waals surface area contributed by atoms with Gasteiger partial charge in [0.25, 0.3) is 5.91 Å². The predicted octanol–water partition coefficient (Wildman–Crippen LogP) is 0.915. The number of benzene rings is 1. The second-order valence-electron chi connectivity index (χ2n) is 5.09. The van der Waals surface area contributed by atoms with Crippen molar-refractivity contribution in [1.29, 1.82) is 0 Å². The van der Waals surface area contributed by atoms with Crippen molar-refractivity contribution >= 4 is 29.2 Å². The molecule has 1 aromatic carbocycles. The maximum atomic E-state index is 12.6. The quantitative estimate of drug-likeness (QED) is 0.854.